The Balaban J connectivity index is 1.64. The molecule has 0 radical (unpaired) electrons. The number of carbonyl (C=O) groups excluding carboxylic acids is 1. The quantitative estimate of drug-likeness (QED) is 0.719. The van der Waals surface area contributed by atoms with E-state index in [9.17, 15) is 4.79 Å². The predicted octanol–water partition coefficient (Wildman–Crippen LogP) is 3.83. The highest BCUT2D eigenvalue weighted by Crippen LogP contribution is 2.24. The number of aryl methyl sites for hydroxylation is 1. The Morgan fingerprint density at radius 1 is 1.12 bits per heavy atom. The van der Waals surface area contributed by atoms with E-state index in [2.05, 4.69) is 31.6 Å². The van der Waals surface area contributed by atoms with Gasteiger partial charge in [-0.15, -0.1) is 0 Å². The largest absolute Gasteiger partial charge is 0.484 e. The summed E-state index contributed by atoms with van der Waals surface area (Å²) in [7, 11) is 0. The summed E-state index contributed by atoms with van der Waals surface area (Å²) < 4.78 is 11.1. The third-order valence-electron chi connectivity index (χ3n) is 3.25. The van der Waals surface area contributed by atoms with Gasteiger partial charge in [-0.05, 0) is 41.5 Å². The summed E-state index contributed by atoms with van der Waals surface area (Å²) in [5.74, 6) is 0.524. The number of hydrogen-bond donors (Lipinski definition) is 1. The Morgan fingerprint density at radius 3 is 2.54 bits per heavy atom. The zero-order valence-corrected chi connectivity index (χ0v) is 14.4. The van der Waals surface area contributed by atoms with Gasteiger partial charge in [0.1, 0.15) is 5.75 Å². The zero-order chi connectivity index (χ0) is 16.9. The first-order valence-corrected chi connectivity index (χ1v) is 7.99. The maximum atomic E-state index is 12.0. The van der Waals surface area contributed by atoms with Crippen molar-refractivity contribution in [1.29, 1.82) is 0 Å². The summed E-state index contributed by atoms with van der Waals surface area (Å²) >= 11 is 3.34. The molecule has 3 rings (SSSR count). The third-order valence-corrected chi connectivity index (χ3v) is 3.78. The van der Waals surface area contributed by atoms with Crippen molar-refractivity contribution in [3.63, 3.8) is 0 Å². The number of anilines is 1. The van der Waals surface area contributed by atoms with Gasteiger partial charge < -0.3 is 10.1 Å². The predicted molar refractivity (Wildman–Crippen MR) is 92.7 cm³/mol. The molecular formula is C17H14BrN3O3. The lowest BCUT2D eigenvalue weighted by molar-refractivity contribution is -0.118. The van der Waals surface area contributed by atoms with E-state index >= 15 is 0 Å². The van der Waals surface area contributed by atoms with E-state index < -0.39 is 0 Å². The molecule has 0 unspecified atom stereocenters. The molecule has 3 aromatic rings. The van der Waals surface area contributed by atoms with Crippen LogP contribution in [0.15, 0.2) is 57.6 Å². The second-order valence-corrected chi connectivity index (χ2v) is 6.03. The molecule has 2 aromatic carbocycles. The average Bonchev–Trinajstić information content (AvgIpc) is 3.03. The number of benzene rings is 2. The number of aromatic nitrogens is 2. The van der Waals surface area contributed by atoms with Crippen LogP contribution in [0.1, 0.15) is 5.56 Å². The van der Waals surface area contributed by atoms with Crippen LogP contribution in [0.25, 0.3) is 11.3 Å². The Morgan fingerprint density at radius 2 is 1.83 bits per heavy atom. The van der Waals surface area contributed by atoms with Crippen molar-refractivity contribution < 1.29 is 14.2 Å². The maximum Gasteiger partial charge on any atom is 0.263 e. The van der Waals surface area contributed by atoms with Gasteiger partial charge in [0.2, 0.25) is 5.82 Å². The summed E-state index contributed by atoms with van der Waals surface area (Å²) in [4.78, 5) is 12.0. The Hall–Kier alpha value is -2.67. The summed E-state index contributed by atoms with van der Waals surface area (Å²) in [5, 5.41) is 10.2. The standard InChI is InChI=1S/C17H14BrN3O3/c1-11-2-4-12(5-3-11)16-17(21-24-20-16)19-15(22)10-23-14-8-6-13(18)7-9-14/h2-9H,10H2,1H3,(H,19,21,22). The van der Waals surface area contributed by atoms with Crippen molar-refractivity contribution >= 4 is 27.7 Å². The molecule has 1 heterocycles. The number of amides is 1. The van der Waals surface area contributed by atoms with Crippen LogP contribution >= 0.6 is 15.9 Å². The van der Waals surface area contributed by atoms with E-state index in [0.29, 0.717) is 11.4 Å². The van der Waals surface area contributed by atoms with Crippen LogP contribution in [0, 0.1) is 6.92 Å². The minimum absolute atomic E-state index is 0.137. The molecule has 0 saturated carbocycles. The fourth-order valence-corrected chi connectivity index (χ4v) is 2.28. The molecule has 6 nitrogen and oxygen atoms in total. The van der Waals surface area contributed by atoms with Crippen molar-refractivity contribution in [1.82, 2.24) is 10.3 Å². The van der Waals surface area contributed by atoms with Crippen LogP contribution in [0.3, 0.4) is 0 Å². The van der Waals surface area contributed by atoms with Gasteiger partial charge in [0.25, 0.3) is 5.91 Å². The lowest BCUT2D eigenvalue weighted by Crippen LogP contribution is -2.20. The molecular weight excluding hydrogens is 374 g/mol. The van der Waals surface area contributed by atoms with Crippen LogP contribution in [0.4, 0.5) is 5.82 Å². The van der Waals surface area contributed by atoms with Crippen molar-refractivity contribution in [2.45, 2.75) is 6.92 Å². The number of carbonyl (C=O) groups is 1. The van der Waals surface area contributed by atoms with E-state index in [1.165, 1.54) is 0 Å². The molecule has 0 atom stereocenters. The van der Waals surface area contributed by atoms with Crippen molar-refractivity contribution in [2.75, 3.05) is 11.9 Å². The van der Waals surface area contributed by atoms with Gasteiger partial charge in [0.05, 0.1) is 0 Å². The molecule has 0 spiro atoms. The topological polar surface area (TPSA) is 77.3 Å². The lowest BCUT2D eigenvalue weighted by Gasteiger charge is -2.06. The molecule has 0 saturated heterocycles. The van der Waals surface area contributed by atoms with E-state index in [0.717, 1.165) is 15.6 Å². The minimum Gasteiger partial charge on any atom is -0.484 e. The molecule has 0 aliphatic heterocycles. The fourth-order valence-electron chi connectivity index (χ4n) is 2.02. The van der Waals surface area contributed by atoms with E-state index in [1.807, 2.05) is 43.3 Å². The van der Waals surface area contributed by atoms with Crippen molar-refractivity contribution in [2.24, 2.45) is 0 Å². The van der Waals surface area contributed by atoms with E-state index in [4.69, 9.17) is 9.37 Å². The molecule has 1 aromatic heterocycles. The van der Waals surface area contributed by atoms with Crippen molar-refractivity contribution in [3.05, 3.63) is 58.6 Å². The van der Waals surface area contributed by atoms with E-state index in [1.54, 1.807) is 12.1 Å². The second-order valence-electron chi connectivity index (χ2n) is 5.12. The molecule has 0 aliphatic carbocycles. The second kappa shape index (κ2) is 7.27. The monoisotopic (exact) mass is 387 g/mol. The average molecular weight is 388 g/mol. The molecule has 122 valence electrons. The first-order chi connectivity index (χ1) is 11.6. The smallest absolute Gasteiger partial charge is 0.263 e. The number of hydrogen-bond acceptors (Lipinski definition) is 5. The van der Waals surface area contributed by atoms with Gasteiger partial charge in [0, 0.05) is 10.0 Å². The van der Waals surface area contributed by atoms with Gasteiger partial charge in [-0.2, -0.15) is 0 Å². The summed E-state index contributed by atoms with van der Waals surface area (Å²) in [6.45, 7) is 1.86. The summed E-state index contributed by atoms with van der Waals surface area (Å²) in [6, 6.07) is 14.9. The highest BCUT2D eigenvalue weighted by molar-refractivity contribution is 9.10. The number of halogens is 1. The highest BCUT2D eigenvalue weighted by atomic mass is 79.9. The Kier molecular flexibility index (Phi) is 4.90. The number of rotatable bonds is 5. The molecule has 0 aliphatic rings. The van der Waals surface area contributed by atoms with Crippen molar-refractivity contribution in [3.8, 4) is 17.0 Å². The van der Waals surface area contributed by atoms with Crippen LogP contribution in [-0.4, -0.2) is 22.8 Å². The molecule has 1 amide bonds. The van der Waals surface area contributed by atoms with E-state index in [-0.39, 0.29) is 18.3 Å². The Bertz CT molecular complexity index is 829. The molecule has 0 bridgehead atoms. The Labute approximate surface area is 146 Å². The van der Waals surface area contributed by atoms with Gasteiger partial charge in [-0.3, -0.25) is 4.79 Å². The first-order valence-electron chi connectivity index (χ1n) is 7.19. The van der Waals surface area contributed by atoms with Crippen LogP contribution in [-0.2, 0) is 4.79 Å². The third kappa shape index (κ3) is 3.99. The summed E-state index contributed by atoms with van der Waals surface area (Å²) in [6.07, 6.45) is 0. The lowest BCUT2D eigenvalue weighted by atomic mass is 10.1. The van der Waals surface area contributed by atoms with Gasteiger partial charge in [-0.1, -0.05) is 45.8 Å². The minimum atomic E-state index is -0.345. The SMILES string of the molecule is Cc1ccc(-c2nonc2NC(=O)COc2ccc(Br)cc2)cc1. The molecule has 1 N–H and O–H groups in total. The van der Waals surface area contributed by atoms with Gasteiger partial charge in [0.15, 0.2) is 12.3 Å². The number of nitrogens with zero attached hydrogens (tertiary/aromatic N) is 2. The summed E-state index contributed by atoms with van der Waals surface area (Å²) in [5.41, 5.74) is 2.42. The van der Waals surface area contributed by atoms with Crippen LogP contribution in [0.2, 0.25) is 0 Å². The first kappa shape index (κ1) is 16.2. The maximum absolute atomic E-state index is 12.0. The van der Waals surface area contributed by atoms with Gasteiger partial charge >= 0.3 is 0 Å². The molecule has 0 fully saturated rings. The highest BCUT2D eigenvalue weighted by Gasteiger charge is 2.15. The number of nitrogens with one attached hydrogen (secondary N) is 1. The van der Waals surface area contributed by atoms with Crippen LogP contribution in [0.5, 0.6) is 5.75 Å². The number of ether oxygens (including phenoxy) is 1. The fraction of sp³-hybridized carbons (Fsp3) is 0.118. The molecule has 24 heavy (non-hydrogen) atoms. The molecule has 7 heteroatoms. The zero-order valence-electron chi connectivity index (χ0n) is 12.8. The van der Waals surface area contributed by atoms with Gasteiger partial charge in [-0.25, -0.2) is 4.63 Å². The normalized spacial score (nSPS) is 10.4. The van der Waals surface area contributed by atoms with Crippen LogP contribution < -0.4 is 10.1 Å².